The van der Waals surface area contributed by atoms with Crippen molar-refractivity contribution in [2.75, 3.05) is 5.32 Å². The Morgan fingerprint density at radius 3 is 2.47 bits per heavy atom. The molecule has 0 spiro atoms. The standard InChI is InChI=1S/C15H14BrNOS/c1-10-3-6-13(7-4-10)19-15-9-12(16)5-8-14(15)17-11(2)18/h3-9H,1-2H3,(H,17,18). The molecule has 2 aromatic carbocycles. The average Bonchev–Trinajstić information content (AvgIpc) is 2.35. The van der Waals surface area contributed by atoms with Gasteiger partial charge < -0.3 is 5.32 Å². The zero-order valence-corrected chi connectivity index (χ0v) is 13.1. The summed E-state index contributed by atoms with van der Waals surface area (Å²) in [7, 11) is 0. The molecule has 4 heteroatoms. The summed E-state index contributed by atoms with van der Waals surface area (Å²) in [5, 5.41) is 2.85. The third-order valence-corrected chi connectivity index (χ3v) is 4.06. The molecule has 1 amide bonds. The van der Waals surface area contributed by atoms with Crippen molar-refractivity contribution in [1.29, 1.82) is 0 Å². The van der Waals surface area contributed by atoms with Crippen molar-refractivity contribution in [2.24, 2.45) is 0 Å². The first kappa shape index (κ1) is 14.2. The van der Waals surface area contributed by atoms with Crippen molar-refractivity contribution < 1.29 is 4.79 Å². The van der Waals surface area contributed by atoms with Gasteiger partial charge >= 0.3 is 0 Å². The van der Waals surface area contributed by atoms with E-state index in [1.165, 1.54) is 12.5 Å². The SMILES string of the molecule is CC(=O)Nc1ccc(Br)cc1Sc1ccc(C)cc1. The predicted octanol–water partition coefficient (Wildman–Crippen LogP) is 4.87. The van der Waals surface area contributed by atoms with E-state index in [9.17, 15) is 4.79 Å². The molecule has 0 fully saturated rings. The fourth-order valence-electron chi connectivity index (χ4n) is 1.61. The molecule has 98 valence electrons. The Morgan fingerprint density at radius 2 is 1.84 bits per heavy atom. The summed E-state index contributed by atoms with van der Waals surface area (Å²) < 4.78 is 0.996. The number of carbonyl (C=O) groups is 1. The number of aryl methyl sites for hydroxylation is 1. The minimum absolute atomic E-state index is 0.0620. The Labute approximate surface area is 125 Å². The lowest BCUT2D eigenvalue weighted by Gasteiger charge is -2.10. The van der Waals surface area contributed by atoms with E-state index < -0.39 is 0 Å². The van der Waals surface area contributed by atoms with Crippen molar-refractivity contribution in [2.45, 2.75) is 23.6 Å². The molecular formula is C15H14BrNOS. The van der Waals surface area contributed by atoms with E-state index in [0.717, 1.165) is 20.0 Å². The molecule has 0 saturated heterocycles. The number of nitrogens with one attached hydrogen (secondary N) is 1. The predicted molar refractivity (Wildman–Crippen MR) is 83.7 cm³/mol. The van der Waals surface area contributed by atoms with Crippen LogP contribution in [-0.4, -0.2) is 5.91 Å². The van der Waals surface area contributed by atoms with Gasteiger partial charge in [0.05, 0.1) is 5.69 Å². The van der Waals surface area contributed by atoms with E-state index in [1.807, 2.05) is 18.2 Å². The van der Waals surface area contributed by atoms with Crippen molar-refractivity contribution in [3.8, 4) is 0 Å². The molecule has 0 atom stereocenters. The van der Waals surface area contributed by atoms with Gasteiger partial charge in [0.2, 0.25) is 5.91 Å². The van der Waals surface area contributed by atoms with E-state index in [1.54, 1.807) is 11.8 Å². The molecule has 2 aromatic rings. The Morgan fingerprint density at radius 1 is 1.16 bits per heavy atom. The molecule has 0 radical (unpaired) electrons. The van der Waals surface area contributed by atoms with Gasteiger partial charge in [-0.3, -0.25) is 4.79 Å². The Balaban J connectivity index is 2.29. The van der Waals surface area contributed by atoms with E-state index in [0.29, 0.717) is 0 Å². The summed E-state index contributed by atoms with van der Waals surface area (Å²) in [6.45, 7) is 3.58. The van der Waals surface area contributed by atoms with Crippen LogP contribution >= 0.6 is 27.7 Å². The number of amides is 1. The smallest absolute Gasteiger partial charge is 0.221 e. The highest BCUT2D eigenvalue weighted by atomic mass is 79.9. The van der Waals surface area contributed by atoms with Crippen molar-refractivity contribution in [1.82, 2.24) is 0 Å². The molecule has 0 bridgehead atoms. The summed E-state index contributed by atoms with van der Waals surface area (Å²) in [4.78, 5) is 13.4. The van der Waals surface area contributed by atoms with Gasteiger partial charge in [-0.25, -0.2) is 0 Å². The number of hydrogen-bond donors (Lipinski definition) is 1. The zero-order chi connectivity index (χ0) is 13.8. The molecule has 2 rings (SSSR count). The zero-order valence-electron chi connectivity index (χ0n) is 10.7. The van der Waals surface area contributed by atoms with Crippen LogP contribution in [0.4, 0.5) is 5.69 Å². The lowest BCUT2D eigenvalue weighted by molar-refractivity contribution is -0.114. The summed E-state index contributed by atoms with van der Waals surface area (Å²) in [5.41, 5.74) is 2.07. The molecular weight excluding hydrogens is 322 g/mol. The quantitative estimate of drug-likeness (QED) is 0.867. The summed E-state index contributed by atoms with van der Waals surface area (Å²) in [5.74, 6) is -0.0620. The van der Waals surface area contributed by atoms with Gasteiger partial charge in [0.1, 0.15) is 0 Å². The first-order valence-corrected chi connectivity index (χ1v) is 7.47. The van der Waals surface area contributed by atoms with E-state index in [4.69, 9.17) is 0 Å². The molecule has 2 nitrogen and oxygen atoms in total. The lowest BCUT2D eigenvalue weighted by atomic mass is 10.2. The fraction of sp³-hybridized carbons (Fsp3) is 0.133. The van der Waals surface area contributed by atoms with Crippen LogP contribution in [0.3, 0.4) is 0 Å². The maximum atomic E-state index is 11.2. The second-order valence-electron chi connectivity index (χ2n) is 4.24. The number of halogens is 1. The van der Waals surface area contributed by atoms with E-state index in [2.05, 4.69) is 52.4 Å². The fourth-order valence-corrected chi connectivity index (χ4v) is 3.06. The first-order valence-electron chi connectivity index (χ1n) is 5.86. The monoisotopic (exact) mass is 335 g/mol. The minimum atomic E-state index is -0.0620. The topological polar surface area (TPSA) is 29.1 Å². The molecule has 0 aromatic heterocycles. The number of carbonyl (C=O) groups excluding carboxylic acids is 1. The van der Waals surface area contributed by atoms with Gasteiger partial charge in [-0.05, 0) is 37.3 Å². The van der Waals surface area contributed by atoms with Crippen molar-refractivity contribution in [3.05, 3.63) is 52.5 Å². The van der Waals surface area contributed by atoms with Gasteiger partial charge in [0.15, 0.2) is 0 Å². The van der Waals surface area contributed by atoms with Gasteiger partial charge in [0.25, 0.3) is 0 Å². The molecule has 0 aliphatic rings. The molecule has 0 saturated carbocycles. The van der Waals surface area contributed by atoms with Gasteiger partial charge in [-0.15, -0.1) is 0 Å². The lowest BCUT2D eigenvalue weighted by Crippen LogP contribution is -2.06. The number of hydrogen-bond acceptors (Lipinski definition) is 2. The maximum absolute atomic E-state index is 11.2. The van der Waals surface area contributed by atoms with Crippen LogP contribution < -0.4 is 5.32 Å². The van der Waals surface area contributed by atoms with E-state index in [-0.39, 0.29) is 5.91 Å². The Kier molecular flexibility index (Phi) is 4.66. The number of anilines is 1. The van der Waals surface area contributed by atoms with Gasteiger partial charge in [0, 0.05) is 21.2 Å². The normalized spacial score (nSPS) is 10.3. The summed E-state index contributed by atoms with van der Waals surface area (Å²) in [6, 6.07) is 14.2. The third kappa shape index (κ3) is 4.11. The second kappa shape index (κ2) is 6.26. The highest BCUT2D eigenvalue weighted by Gasteiger charge is 2.07. The largest absolute Gasteiger partial charge is 0.325 e. The van der Waals surface area contributed by atoms with Crippen LogP contribution in [0.5, 0.6) is 0 Å². The summed E-state index contributed by atoms with van der Waals surface area (Å²) >= 11 is 5.10. The highest BCUT2D eigenvalue weighted by molar-refractivity contribution is 9.10. The van der Waals surface area contributed by atoms with Gasteiger partial charge in [-0.2, -0.15) is 0 Å². The summed E-state index contributed by atoms with van der Waals surface area (Å²) in [6.07, 6.45) is 0. The van der Waals surface area contributed by atoms with Crippen LogP contribution in [0.25, 0.3) is 0 Å². The Bertz CT molecular complexity index is 596. The van der Waals surface area contributed by atoms with Crippen LogP contribution in [-0.2, 0) is 4.79 Å². The van der Waals surface area contributed by atoms with Crippen LogP contribution in [0.15, 0.2) is 56.7 Å². The van der Waals surface area contributed by atoms with Crippen LogP contribution in [0.2, 0.25) is 0 Å². The Hall–Kier alpha value is -1.26. The van der Waals surface area contributed by atoms with Crippen LogP contribution in [0, 0.1) is 6.92 Å². The average molecular weight is 336 g/mol. The third-order valence-electron chi connectivity index (χ3n) is 2.50. The molecule has 0 heterocycles. The second-order valence-corrected chi connectivity index (χ2v) is 6.27. The minimum Gasteiger partial charge on any atom is -0.325 e. The number of rotatable bonds is 3. The van der Waals surface area contributed by atoms with Crippen molar-refractivity contribution >= 4 is 39.3 Å². The van der Waals surface area contributed by atoms with Crippen molar-refractivity contribution in [3.63, 3.8) is 0 Å². The maximum Gasteiger partial charge on any atom is 0.221 e. The molecule has 19 heavy (non-hydrogen) atoms. The molecule has 0 aliphatic heterocycles. The number of benzene rings is 2. The molecule has 0 aliphatic carbocycles. The van der Waals surface area contributed by atoms with E-state index >= 15 is 0 Å². The highest BCUT2D eigenvalue weighted by Crippen LogP contribution is 2.35. The molecule has 1 N–H and O–H groups in total. The molecule has 0 unspecified atom stereocenters. The first-order chi connectivity index (χ1) is 9.04. The van der Waals surface area contributed by atoms with Gasteiger partial charge in [-0.1, -0.05) is 45.4 Å². The van der Waals surface area contributed by atoms with Crippen LogP contribution in [0.1, 0.15) is 12.5 Å².